The van der Waals surface area contributed by atoms with Crippen LogP contribution in [0.3, 0.4) is 0 Å². The van der Waals surface area contributed by atoms with Crippen LogP contribution < -0.4 is 10.6 Å². The van der Waals surface area contributed by atoms with Gasteiger partial charge >= 0.3 is 6.03 Å². The number of hydrogen-bond donors (Lipinski definition) is 2. The molecule has 0 aliphatic carbocycles. The molecule has 20 heavy (non-hydrogen) atoms. The lowest BCUT2D eigenvalue weighted by Gasteiger charge is -2.28. The van der Waals surface area contributed by atoms with Crippen LogP contribution in [-0.2, 0) is 6.42 Å². The van der Waals surface area contributed by atoms with Crippen molar-refractivity contribution in [1.29, 1.82) is 0 Å². The maximum atomic E-state index is 11.8. The van der Waals surface area contributed by atoms with Crippen LogP contribution in [0.5, 0.6) is 0 Å². The summed E-state index contributed by atoms with van der Waals surface area (Å²) in [4.78, 5) is 16.1. The highest BCUT2D eigenvalue weighted by atomic mass is 16.5. The lowest BCUT2D eigenvalue weighted by Crippen LogP contribution is -2.49. The highest BCUT2D eigenvalue weighted by Crippen LogP contribution is 2.13. The third-order valence-electron chi connectivity index (χ3n) is 3.60. The van der Waals surface area contributed by atoms with Crippen LogP contribution in [-0.4, -0.2) is 28.3 Å². The number of rotatable bonds is 7. The average molecular weight is 282 g/mol. The minimum absolute atomic E-state index is 0.153. The van der Waals surface area contributed by atoms with E-state index in [0.29, 0.717) is 24.7 Å². The summed E-state index contributed by atoms with van der Waals surface area (Å²) in [6.07, 6.45) is 2.35. The number of amides is 2. The van der Waals surface area contributed by atoms with Gasteiger partial charge in [-0.05, 0) is 19.8 Å². The molecule has 1 aromatic heterocycles. The maximum absolute atomic E-state index is 11.8. The predicted octanol–water partition coefficient (Wildman–Crippen LogP) is 2.61. The first kappa shape index (κ1) is 16.5. The number of aromatic nitrogens is 2. The molecule has 114 valence electrons. The van der Waals surface area contributed by atoms with Gasteiger partial charge in [-0.1, -0.05) is 32.9 Å². The van der Waals surface area contributed by atoms with Crippen molar-refractivity contribution in [3.05, 3.63) is 11.7 Å². The molecule has 0 aromatic carbocycles. The van der Waals surface area contributed by atoms with E-state index < -0.39 is 0 Å². The van der Waals surface area contributed by atoms with Crippen molar-refractivity contribution in [3.8, 4) is 0 Å². The molecule has 6 nitrogen and oxygen atoms in total. The molecule has 0 bridgehead atoms. The van der Waals surface area contributed by atoms with E-state index in [1.165, 1.54) is 0 Å². The summed E-state index contributed by atoms with van der Waals surface area (Å²) in [6, 6.07) is -0.153. The fourth-order valence-electron chi connectivity index (χ4n) is 1.63. The number of carbonyl (C=O) groups is 1. The Morgan fingerprint density at radius 3 is 2.50 bits per heavy atom. The van der Waals surface area contributed by atoms with Gasteiger partial charge in [0.05, 0.1) is 0 Å². The molecular formula is C14H26N4O2. The summed E-state index contributed by atoms with van der Waals surface area (Å²) in [7, 11) is 0. The van der Waals surface area contributed by atoms with Crippen LogP contribution >= 0.6 is 0 Å². The monoisotopic (exact) mass is 282 g/mol. The van der Waals surface area contributed by atoms with Crippen LogP contribution in [0.1, 0.15) is 65.1 Å². The van der Waals surface area contributed by atoms with Gasteiger partial charge in [-0.15, -0.1) is 0 Å². The molecule has 0 atom stereocenters. The SMILES string of the molecule is CCC(C)(CC)NC(=O)NCCc1nc(C(C)C)no1. The Kier molecular flexibility index (Phi) is 5.98. The Hall–Kier alpha value is -1.59. The molecule has 0 unspecified atom stereocenters. The summed E-state index contributed by atoms with van der Waals surface area (Å²) in [6.45, 7) is 10.7. The van der Waals surface area contributed by atoms with E-state index in [9.17, 15) is 4.79 Å². The zero-order chi connectivity index (χ0) is 15.2. The zero-order valence-corrected chi connectivity index (χ0v) is 13.1. The number of carbonyl (C=O) groups excluding carboxylic acids is 1. The molecule has 0 saturated heterocycles. The van der Waals surface area contributed by atoms with Gasteiger partial charge in [0.15, 0.2) is 5.82 Å². The molecule has 2 N–H and O–H groups in total. The number of hydrogen-bond acceptors (Lipinski definition) is 4. The Balaban J connectivity index is 2.34. The first-order chi connectivity index (χ1) is 9.40. The quantitative estimate of drug-likeness (QED) is 0.805. The van der Waals surface area contributed by atoms with Gasteiger partial charge < -0.3 is 15.2 Å². The van der Waals surface area contributed by atoms with Crippen molar-refractivity contribution in [2.45, 2.75) is 65.3 Å². The normalized spacial score (nSPS) is 11.7. The van der Waals surface area contributed by atoms with Gasteiger partial charge in [-0.2, -0.15) is 4.98 Å². The lowest BCUT2D eigenvalue weighted by molar-refractivity contribution is 0.224. The first-order valence-corrected chi connectivity index (χ1v) is 7.28. The van der Waals surface area contributed by atoms with E-state index in [4.69, 9.17) is 4.52 Å². The minimum atomic E-state index is -0.153. The highest BCUT2D eigenvalue weighted by molar-refractivity contribution is 5.74. The molecule has 1 heterocycles. The van der Waals surface area contributed by atoms with Gasteiger partial charge in [0.25, 0.3) is 0 Å². The molecule has 1 aromatic rings. The van der Waals surface area contributed by atoms with Gasteiger partial charge in [-0.25, -0.2) is 4.79 Å². The van der Waals surface area contributed by atoms with Crippen molar-refractivity contribution in [2.24, 2.45) is 0 Å². The van der Waals surface area contributed by atoms with Gasteiger partial charge in [0, 0.05) is 24.4 Å². The molecule has 6 heteroatoms. The van der Waals surface area contributed by atoms with Gasteiger partial charge in [0.1, 0.15) is 0 Å². The molecular weight excluding hydrogens is 256 g/mol. The molecule has 0 saturated carbocycles. The first-order valence-electron chi connectivity index (χ1n) is 7.28. The minimum Gasteiger partial charge on any atom is -0.339 e. The summed E-state index contributed by atoms with van der Waals surface area (Å²) in [5.41, 5.74) is -0.153. The van der Waals surface area contributed by atoms with Crippen LogP contribution in [0, 0.1) is 0 Å². The summed E-state index contributed by atoms with van der Waals surface area (Å²) in [5.74, 6) is 1.51. The van der Waals surface area contributed by atoms with E-state index in [-0.39, 0.29) is 17.5 Å². The maximum Gasteiger partial charge on any atom is 0.315 e. The second kappa shape index (κ2) is 7.26. The van der Waals surface area contributed by atoms with E-state index >= 15 is 0 Å². The van der Waals surface area contributed by atoms with Crippen molar-refractivity contribution in [1.82, 2.24) is 20.8 Å². The van der Waals surface area contributed by atoms with E-state index in [1.54, 1.807) is 0 Å². The van der Waals surface area contributed by atoms with Gasteiger partial charge in [-0.3, -0.25) is 0 Å². The van der Waals surface area contributed by atoms with E-state index in [1.807, 2.05) is 20.8 Å². The van der Waals surface area contributed by atoms with Crippen LogP contribution in [0.25, 0.3) is 0 Å². The van der Waals surface area contributed by atoms with Crippen molar-refractivity contribution < 1.29 is 9.32 Å². The van der Waals surface area contributed by atoms with E-state index in [0.717, 1.165) is 12.8 Å². The molecule has 0 radical (unpaired) electrons. The molecule has 1 rings (SSSR count). The number of urea groups is 1. The predicted molar refractivity (Wildman–Crippen MR) is 77.6 cm³/mol. The largest absolute Gasteiger partial charge is 0.339 e. The van der Waals surface area contributed by atoms with Crippen molar-refractivity contribution in [3.63, 3.8) is 0 Å². The van der Waals surface area contributed by atoms with Crippen LogP contribution in [0.2, 0.25) is 0 Å². The third-order valence-corrected chi connectivity index (χ3v) is 3.60. The second-order valence-electron chi connectivity index (χ2n) is 5.60. The molecule has 0 spiro atoms. The van der Waals surface area contributed by atoms with Crippen molar-refractivity contribution in [2.75, 3.05) is 6.54 Å². The number of nitrogens with zero attached hydrogens (tertiary/aromatic N) is 2. The smallest absolute Gasteiger partial charge is 0.315 e. The van der Waals surface area contributed by atoms with Gasteiger partial charge in [0.2, 0.25) is 5.89 Å². The molecule has 0 aliphatic heterocycles. The number of nitrogens with one attached hydrogen (secondary N) is 2. The topological polar surface area (TPSA) is 80.0 Å². The Morgan fingerprint density at radius 1 is 1.35 bits per heavy atom. The lowest BCUT2D eigenvalue weighted by atomic mass is 9.96. The Bertz CT molecular complexity index is 425. The molecule has 2 amide bonds. The molecule has 0 aliphatic rings. The second-order valence-corrected chi connectivity index (χ2v) is 5.60. The Labute approximate surface area is 120 Å². The third kappa shape index (κ3) is 4.83. The fraction of sp³-hybridized carbons (Fsp3) is 0.786. The average Bonchev–Trinajstić information content (AvgIpc) is 2.87. The highest BCUT2D eigenvalue weighted by Gasteiger charge is 2.21. The zero-order valence-electron chi connectivity index (χ0n) is 13.1. The molecule has 0 fully saturated rings. The van der Waals surface area contributed by atoms with Crippen LogP contribution in [0.15, 0.2) is 4.52 Å². The summed E-state index contributed by atoms with van der Waals surface area (Å²) < 4.78 is 5.12. The fourth-order valence-corrected chi connectivity index (χ4v) is 1.63. The van der Waals surface area contributed by atoms with Crippen LogP contribution in [0.4, 0.5) is 4.79 Å². The Morgan fingerprint density at radius 2 is 2.00 bits per heavy atom. The van der Waals surface area contributed by atoms with E-state index in [2.05, 4.69) is 34.6 Å². The standard InChI is InChI=1S/C14H26N4O2/c1-6-14(5,7-2)17-13(19)15-9-8-11-16-12(10(3)4)18-20-11/h10H,6-9H2,1-5H3,(H2,15,17,19). The van der Waals surface area contributed by atoms with Crippen molar-refractivity contribution >= 4 is 6.03 Å². The summed E-state index contributed by atoms with van der Waals surface area (Å²) in [5, 5.41) is 9.69. The summed E-state index contributed by atoms with van der Waals surface area (Å²) >= 11 is 0.